The van der Waals surface area contributed by atoms with Crippen LogP contribution < -0.4 is 10.6 Å². The van der Waals surface area contributed by atoms with E-state index >= 15 is 0 Å². The Balaban J connectivity index is 1.44. The molecule has 0 aromatic carbocycles. The standard InChI is InChI=1S/C21H26F2N8O3/c1-11-17(30-34-29-11)19(33)28-18(12-2-5-21(22,23)6-3-12)16-10-31-20(27-16)26-15(9-25-31)14-8-13(32)4-7-24-14/h9-10,12-14,18,24,32H,2-8H2,1H3,(H,28,33)/t13?,14?,18-/m0/s1. The smallest absolute Gasteiger partial charge is 0.276 e. The second kappa shape index (κ2) is 8.95. The van der Waals surface area contributed by atoms with E-state index in [1.807, 2.05) is 0 Å². The van der Waals surface area contributed by atoms with Gasteiger partial charge >= 0.3 is 0 Å². The number of nitrogens with zero attached hydrogens (tertiary/aromatic N) is 6. The molecule has 1 saturated carbocycles. The lowest BCUT2D eigenvalue weighted by Gasteiger charge is -2.33. The van der Waals surface area contributed by atoms with Crippen molar-refractivity contribution in [3.05, 3.63) is 35.2 Å². The fourth-order valence-electron chi connectivity index (χ4n) is 4.72. The quantitative estimate of drug-likeness (QED) is 0.503. The molecule has 1 saturated heterocycles. The molecule has 4 heterocycles. The summed E-state index contributed by atoms with van der Waals surface area (Å²) >= 11 is 0. The minimum absolute atomic E-state index is 0.0374. The second-order valence-corrected chi connectivity index (χ2v) is 9.12. The zero-order chi connectivity index (χ0) is 23.9. The van der Waals surface area contributed by atoms with E-state index in [9.17, 15) is 18.7 Å². The number of carbonyl (C=O) groups is 1. The van der Waals surface area contributed by atoms with E-state index in [1.165, 1.54) is 4.52 Å². The molecule has 3 atom stereocenters. The largest absolute Gasteiger partial charge is 0.393 e. The molecule has 2 aliphatic rings. The number of aliphatic hydroxyl groups excluding tert-OH is 1. The number of aromatic nitrogens is 6. The highest BCUT2D eigenvalue weighted by Crippen LogP contribution is 2.41. The van der Waals surface area contributed by atoms with Crippen LogP contribution in [0.2, 0.25) is 0 Å². The average Bonchev–Trinajstić information content (AvgIpc) is 3.43. The van der Waals surface area contributed by atoms with Crippen molar-refractivity contribution >= 4 is 11.7 Å². The molecule has 2 fully saturated rings. The minimum atomic E-state index is -2.70. The first-order chi connectivity index (χ1) is 16.3. The van der Waals surface area contributed by atoms with E-state index in [0.717, 1.165) is 0 Å². The third-order valence-corrected chi connectivity index (χ3v) is 6.67. The van der Waals surface area contributed by atoms with Gasteiger partial charge in [0.15, 0.2) is 5.69 Å². The highest BCUT2D eigenvalue weighted by atomic mass is 19.3. The summed E-state index contributed by atoms with van der Waals surface area (Å²) in [5.74, 6) is -3.14. The van der Waals surface area contributed by atoms with Crippen LogP contribution in [0.1, 0.15) is 78.2 Å². The van der Waals surface area contributed by atoms with Gasteiger partial charge in [0.05, 0.1) is 42.0 Å². The van der Waals surface area contributed by atoms with Crippen LogP contribution in [0.4, 0.5) is 8.78 Å². The van der Waals surface area contributed by atoms with Gasteiger partial charge in [-0.3, -0.25) is 4.79 Å². The second-order valence-electron chi connectivity index (χ2n) is 9.12. The fraction of sp³-hybridized carbons (Fsp3) is 0.619. The Morgan fingerprint density at radius 3 is 2.79 bits per heavy atom. The van der Waals surface area contributed by atoms with Gasteiger partial charge in [-0.2, -0.15) is 5.10 Å². The molecular formula is C21H26F2N8O3. The van der Waals surface area contributed by atoms with Gasteiger partial charge in [0.25, 0.3) is 11.7 Å². The van der Waals surface area contributed by atoms with E-state index in [-0.39, 0.29) is 43.3 Å². The Morgan fingerprint density at radius 1 is 1.29 bits per heavy atom. The number of carbonyl (C=O) groups excluding carboxylic acids is 1. The number of imidazole rings is 1. The Kier molecular flexibility index (Phi) is 5.98. The number of fused-ring (bicyclic) bond motifs is 1. The normalized spacial score (nSPS) is 24.2. The van der Waals surface area contributed by atoms with E-state index in [4.69, 9.17) is 0 Å². The van der Waals surface area contributed by atoms with E-state index in [2.05, 4.69) is 40.6 Å². The average molecular weight is 476 g/mol. The summed E-state index contributed by atoms with van der Waals surface area (Å²) in [7, 11) is 0. The summed E-state index contributed by atoms with van der Waals surface area (Å²) in [5.41, 5.74) is 1.50. The maximum absolute atomic E-state index is 13.8. The highest BCUT2D eigenvalue weighted by molar-refractivity contribution is 5.93. The third kappa shape index (κ3) is 4.62. The monoisotopic (exact) mass is 476 g/mol. The molecule has 1 aliphatic carbocycles. The molecule has 3 aromatic heterocycles. The zero-order valence-electron chi connectivity index (χ0n) is 18.6. The molecule has 13 heteroatoms. The van der Waals surface area contributed by atoms with Gasteiger partial charge in [0, 0.05) is 12.8 Å². The summed E-state index contributed by atoms with van der Waals surface area (Å²) in [5, 5.41) is 27.9. The molecule has 3 N–H and O–H groups in total. The van der Waals surface area contributed by atoms with Gasteiger partial charge in [-0.15, -0.1) is 0 Å². The number of piperidine rings is 1. The molecule has 0 radical (unpaired) electrons. The lowest BCUT2D eigenvalue weighted by molar-refractivity contribution is -0.0495. The van der Waals surface area contributed by atoms with Crippen LogP contribution in [0.15, 0.2) is 17.0 Å². The van der Waals surface area contributed by atoms with Gasteiger partial charge in [0.2, 0.25) is 5.92 Å². The Morgan fingerprint density at radius 2 is 2.09 bits per heavy atom. The Bertz CT molecular complexity index is 1170. The molecule has 2 unspecified atom stereocenters. The number of nitrogens with one attached hydrogen (secondary N) is 2. The van der Waals surface area contributed by atoms with E-state index in [1.54, 1.807) is 19.3 Å². The van der Waals surface area contributed by atoms with Gasteiger partial charge in [-0.1, -0.05) is 5.16 Å². The molecule has 0 spiro atoms. The van der Waals surface area contributed by atoms with Gasteiger partial charge < -0.3 is 15.7 Å². The molecule has 5 rings (SSSR count). The summed E-state index contributed by atoms with van der Waals surface area (Å²) in [6, 6.07) is -0.776. The van der Waals surface area contributed by atoms with Crippen molar-refractivity contribution in [3.63, 3.8) is 0 Å². The summed E-state index contributed by atoms with van der Waals surface area (Å²) < 4.78 is 33.8. The number of aliphatic hydroxyl groups is 1. The highest BCUT2D eigenvalue weighted by Gasteiger charge is 2.39. The van der Waals surface area contributed by atoms with Crippen LogP contribution >= 0.6 is 0 Å². The van der Waals surface area contributed by atoms with Gasteiger partial charge in [0.1, 0.15) is 5.69 Å². The van der Waals surface area contributed by atoms with Gasteiger partial charge in [-0.25, -0.2) is 27.9 Å². The molecule has 0 bridgehead atoms. The zero-order valence-corrected chi connectivity index (χ0v) is 18.6. The van der Waals surface area contributed by atoms with Crippen molar-refractivity contribution in [2.45, 2.75) is 69.6 Å². The molecule has 34 heavy (non-hydrogen) atoms. The predicted octanol–water partition coefficient (Wildman–Crippen LogP) is 1.90. The summed E-state index contributed by atoms with van der Waals surface area (Å²) in [6.45, 7) is 2.27. The van der Waals surface area contributed by atoms with Crippen molar-refractivity contribution in [1.82, 2.24) is 40.5 Å². The van der Waals surface area contributed by atoms with Crippen molar-refractivity contribution in [2.75, 3.05) is 6.54 Å². The first-order valence-electron chi connectivity index (χ1n) is 11.4. The van der Waals surface area contributed by atoms with Crippen molar-refractivity contribution in [1.29, 1.82) is 0 Å². The van der Waals surface area contributed by atoms with Crippen LogP contribution in [0, 0.1) is 12.8 Å². The van der Waals surface area contributed by atoms with Crippen molar-refractivity contribution in [3.8, 4) is 0 Å². The fourth-order valence-corrected chi connectivity index (χ4v) is 4.72. The molecule has 11 nitrogen and oxygen atoms in total. The number of hydrogen-bond acceptors (Lipinski definition) is 9. The Labute approximate surface area is 193 Å². The maximum Gasteiger partial charge on any atom is 0.276 e. The molecule has 1 amide bonds. The SMILES string of the molecule is Cc1nonc1C(=O)N[C@H](c1cn2ncc(C3CC(O)CCN3)nc2n1)C1CCC(F)(F)CC1. The van der Waals surface area contributed by atoms with Crippen LogP contribution in [-0.4, -0.2) is 59.5 Å². The first-order valence-corrected chi connectivity index (χ1v) is 11.4. The molecule has 1 aliphatic heterocycles. The lowest BCUT2D eigenvalue weighted by atomic mass is 9.81. The molecule has 182 valence electrons. The first kappa shape index (κ1) is 22.7. The Hall–Kier alpha value is -3.06. The van der Waals surface area contributed by atoms with Crippen molar-refractivity contribution < 1.29 is 23.3 Å². The number of amides is 1. The van der Waals surface area contributed by atoms with E-state index < -0.39 is 24.0 Å². The van der Waals surface area contributed by atoms with Crippen LogP contribution in [0.3, 0.4) is 0 Å². The number of aryl methyl sites for hydroxylation is 1. The minimum Gasteiger partial charge on any atom is -0.393 e. The number of halogens is 2. The number of alkyl halides is 2. The maximum atomic E-state index is 13.8. The number of hydrogen-bond donors (Lipinski definition) is 3. The predicted molar refractivity (Wildman–Crippen MR) is 113 cm³/mol. The van der Waals surface area contributed by atoms with Crippen molar-refractivity contribution in [2.24, 2.45) is 5.92 Å². The van der Waals surface area contributed by atoms with Crippen LogP contribution in [-0.2, 0) is 0 Å². The lowest BCUT2D eigenvalue weighted by Crippen LogP contribution is -2.37. The molecule has 3 aromatic rings. The topological polar surface area (TPSA) is 143 Å². The number of rotatable bonds is 5. The van der Waals surface area contributed by atoms with Gasteiger partial charge in [-0.05, 0) is 50.2 Å². The van der Waals surface area contributed by atoms with E-state index in [0.29, 0.717) is 42.2 Å². The van der Waals surface area contributed by atoms with Crippen LogP contribution in [0.5, 0.6) is 0 Å². The third-order valence-electron chi connectivity index (χ3n) is 6.67. The summed E-state index contributed by atoms with van der Waals surface area (Å²) in [4.78, 5) is 22.1. The van der Waals surface area contributed by atoms with Crippen LogP contribution in [0.25, 0.3) is 5.78 Å². The summed E-state index contributed by atoms with van der Waals surface area (Å²) in [6.07, 6.45) is 4.04. The molecular weight excluding hydrogens is 450 g/mol.